The van der Waals surface area contributed by atoms with E-state index in [1.54, 1.807) is 18.2 Å². The van der Waals surface area contributed by atoms with Crippen molar-refractivity contribution in [2.45, 2.75) is 24.8 Å². The summed E-state index contributed by atoms with van der Waals surface area (Å²) in [5.41, 5.74) is 1.78. The van der Waals surface area contributed by atoms with Crippen molar-refractivity contribution in [3.05, 3.63) is 59.7 Å². The van der Waals surface area contributed by atoms with Gasteiger partial charge in [-0.05, 0) is 48.9 Å². The number of benzene rings is 2. The van der Waals surface area contributed by atoms with Gasteiger partial charge in [-0.15, -0.1) is 6.42 Å². The van der Waals surface area contributed by atoms with Gasteiger partial charge < -0.3 is 10.6 Å². The smallest absolute Gasteiger partial charge is 0.251 e. The van der Waals surface area contributed by atoms with Crippen molar-refractivity contribution in [3.63, 3.8) is 0 Å². The lowest BCUT2D eigenvalue weighted by molar-refractivity contribution is -0.114. The molecule has 3 N–H and O–H groups in total. The Bertz CT molecular complexity index is 1010. The summed E-state index contributed by atoms with van der Waals surface area (Å²) in [7, 11) is -3.70. The maximum Gasteiger partial charge on any atom is 0.251 e. The standard InChI is InChI=1S/C20H21N3O4S/c1-4-12-21-28(26,27)19-10-8-16(9-11-19)20(25)22-14(2)17-6-5-7-18(13-17)23-15(3)24/h1,5-11,13-14,21H,12H2,2-3H3,(H,22,25)(H,23,24). The second-order valence-electron chi connectivity index (χ2n) is 6.05. The molecule has 7 nitrogen and oxygen atoms in total. The molecule has 146 valence electrons. The Balaban J connectivity index is 2.08. The molecule has 0 spiro atoms. The number of amides is 2. The average molecular weight is 399 g/mol. The quantitative estimate of drug-likeness (QED) is 0.620. The maximum absolute atomic E-state index is 12.5. The van der Waals surface area contributed by atoms with Crippen LogP contribution in [0.3, 0.4) is 0 Å². The van der Waals surface area contributed by atoms with Crippen LogP contribution in [0.5, 0.6) is 0 Å². The molecule has 0 saturated heterocycles. The lowest BCUT2D eigenvalue weighted by atomic mass is 10.1. The summed E-state index contributed by atoms with van der Waals surface area (Å²) in [6.07, 6.45) is 5.05. The molecule has 0 aliphatic heterocycles. The van der Waals surface area contributed by atoms with Gasteiger partial charge in [0.05, 0.1) is 17.5 Å². The Labute approximate surface area is 164 Å². The Morgan fingerprint density at radius 1 is 1.14 bits per heavy atom. The summed E-state index contributed by atoms with van der Waals surface area (Å²) >= 11 is 0. The predicted molar refractivity (Wildman–Crippen MR) is 107 cm³/mol. The molecular formula is C20H21N3O4S. The highest BCUT2D eigenvalue weighted by Crippen LogP contribution is 2.18. The van der Waals surface area contributed by atoms with Crippen molar-refractivity contribution in [1.82, 2.24) is 10.0 Å². The van der Waals surface area contributed by atoms with Crippen LogP contribution in [0, 0.1) is 12.3 Å². The molecule has 0 radical (unpaired) electrons. The normalized spacial score (nSPS) is 11.9. The van der Waals surface area contributed by atoms with Crippen LogP contribution >= 0.6 is 0 Å². The van der Waals surface area contributed by atoms with Crippen molar-refractivity contribution in [2.75, 3.05) is 11.9 Å². The Morgan fingerprint density at radius 2 is 1.82 bits per heavy atom. The summed E-state index contributed by atoms with van der Waals surface area (Å²) in [6.45, 7) is 3.12. The van der Waals surface area contributed by atoms with Crippen molar-refractivity contribution in [3.8, 4) is 12.3 Å². The molecular weight excluding hydrogens is 378 g/mol. The molecule has 2 amide bonds. The molecule has 1 unspecified atom stereocenters. The Morgan fingerprint density at radius 3 is 2.43 bits per heavy atom. The highest BCUT2D eigenvalue weighted by Gasteiger charge is 2.16. The van der Waals surface area contributed by atoms with Gasteiger partial charge in [-0.1, -0.05) is 18.1 Å². The third-order valence-corrected chi connectivity index (χ3v) is 5.26. The number of carbonyl (C=O) groups excluding carboxylic acids is 2. The molecule has 2 rings (SSSR count). The first-order valence-electron chi connectivity index (χ1n) is 8.44. The van der Waals surface area contributed by atoms with Crippen LogP contribution < -0.4 is 15.4 Å². The lowest BCUT2D eigenvalue weighted by Gasteiger charge is -2.16. The molecule has 0 aliphatic rings. The third kappa shape index (κ3) is 5.67. The zero-order valence-corrected chi connectivity index (χ0v) is 16.3. The number of terminal acetylenes is 1. The van der Waals surface area contributed by atoms with Gasteiger partial charge in [0.15, 0.2) is 0 Å². The number of rotatable bonds is 7. The number of anilines is 1. The molecule has 0 fully saturated rings. The van der Waals surface area contributed by atoms with Crippen LogP contribution in [0.15, 0.2) is 53.4 Å². The number of sulfonamides is 1. The van der Waals surface area contributed by atoms with Crippen LogP contribution in [-0.2, 0) is 14.8 Å². The first-order valence-corrected chi connectivity index (χ1v) is 9.93. The fraction of sp³-hybridized carbons (Fsp3) is 0.200. The van der Waals surface area contributed by atoms with E-state index in [0.29, 0.717) is 11.3 Å². The summed E-state index contributed by atoms with van der Waals surface area (Å²) in [5.74, 6) is 1.67. The van der Waals surface area contributed by atoms with Gasteiger partial charge in [-0.25, -0.2) is 8.42 Å². The second kappa shape index (κ2) is 9.17. The van der Waals surface area contributed by atoms with Gasteiger partial charge in [0, 0.05) is 18.2 Å². The largest absolute Gasteiger partial charge is 0.346 e. The van der Waals surface area contributed by atoms with Gasteiger partial charge in [0.2, 0.25) is 15.9 Å². The molecule has 1 atom stereocenters. The number of hydrogen-bond donors (Lipinski definition) is 3. The molecule has 0 aromatic heterocycles. The minimum Gasteiger partial charge on any atom is -0.346 e. The summed E-state index contributed by atoms with van der Waals surface area (Å²) in [5, 5.41) is 5.54. The van der Waals surface area contributed by atoms with E-state index in [9.17, 15) is 18.0 Å². The fourth-order valence-corrected chi connectivity index (χ4v) is 3.39. The topological polar surface area (TPSA) is 104 Å². The zero-order chi connectivity index (χ0) is 20.7. The molecule has 0 heterocycles. The second-order valence-corrected chi connectivity index (χ2v) is 7.82. The summed E-state index contributed by atoms with van der Waals surface area (Å²) < 4.78 is 26.3. The highest BCUT2D eigenvalue weighted by molar-refractivity contribution is 7.89. The van der Waals surface area contributed by atoms with E-state index >= 15 is 0 Å². The average Bonchev–Trinajstić information content (AvgIpc) is 2.66. The van der Waals surface area contributed by atoms with E-state index in [0.717, 1.165) is 5.56 Å². The Kier molecular flexibility index (Phi) is 6.93. The number of carbonyl (C=O) groups is 2. The van der Waals surface area contributed by atoms with Gasteiger partial charge in [-0.3, -0.25) is 9.59 Å². The van der Waals surface area contributed by atoms with Gasteiger partial charge in [0.25, 0.3) is 5.91 Å². The van der Waals surface area contributed by atoms with Gasteiger partial charge >= 0.3 is 0 Å². The zero-order valence-electron chi connectivity index (χ0n) is 15.5. The first kappa shape index (κ1) is 21.2. The van der Waals surface area contributed by atoms with E-state index in [1.807, 2.05) is 13.0 Å². The van der Waals surface area contributed by atoms with Crippen LogP contribution in [-0.4, -0.2) is 26.8 Å². The van der Waals surface area contributed by atoms with Crippen molar-refractivity contribution < 1.29 is 18.0 Å². The Hall–Kier alpha value is -3.15. The fourth-order valence-electron chi connectivity index (χ4n) is 2.46. The van der Waals surface area contributed by atoms with Crippen LogP contribution in [0.4, 0.5) is 5.69 Å². The summed E-state index contributed by atoms with van der Waals surface area (Å²) in [6, 6.07) is 12.4. The van der Waals surface area contributed by atoms with Gasteiger partial charge in [0.1, 0.15) is 0 Å². The molecule has 0 saturated carbocycles. The number of hydrogen-bond acceptors (Lipinski definition) is 4. The molecule has 2 aromatic carbocycles. The monoisotopic (exact) mass is 399 g/mol. The molecule has 0 aliphatic carbocycles. The predicted octanol–water partition coefficient (Wildman–Crippen LogP) is 2.05. The molecule has 2 aromatic rings. The van der Waals surface area contributed by atoms with Crippen LogP contribution in [0.25, 0.3) is 0 Å². The maximum atomic E-state index is 12.5. The molecule has 0 bridgehead atoms. The minimum absolute atomic E-state index is 0.0235. The highest BCUT2D eigenvalue weighted by atomic mass is 32.2. The molecule has 8 heteroatoms. The van der Waals surface area contributed by atoms with E-state index in [2.05, 4.69) is 21.3 Å². The van der Waals surface area contributed by atoms with Crippen molar-refractivity contribution in [1.29, 1.82) is 0 Å². The number of nitrogens with one attached hydrogen (secondary N) is 3. The van der Waals surface area contributed by atoms with E-state index in [4.69, 9.17) is 6.42 Å². The van der Waals surface area contributed by atoms with E-state index < -0.39 is 10.0 Å². The lowest BCUT2D eigenvalue weighted by Crippen LogP contribution is -2.27. The third-order valence-electron chi connectivity index (χ3n) is 3.85. The first-order chi connectivity index (χ1) is 13.2. The van der Waals surface area contributed by atoms with Crippen LogP contribution in [0.2, 0.25) is 0 Å². The minimum atomic E-state index is -3.70. The summed E-state index contributed by atoms with van der Waals surface area (Å²) in [4.78, 5) is 23.7. The molecule has 28 heavy (non-hydrogen) atoms. The van der Waals surface area contributed by atoms with Crippen molar-refractivity contribution in [2.24, 2.45) is 0 Å². The van der Waals surface area contributed by atoms with E-state index in [-0.39, 0.29) is 29.3 Å². The SMILES string of the molecule is C#CCNS(=O)(=O)c1ccc(C(=O)NC(C)c2cccc(NC(C)=O)c2)cc1. The van der Waals surface area contributed by atoms with Crippen LogP contribution in [0.1, 0.15) is 35.8 Å². The van der Waals surface area contributed by atoms with Crippen molar-refractivity contribution >= 4 is 27.5 Å². The van der Waals surface area contributed by atoms with Gasteiger partial charge in [-0.2, -0.15) is 4.72 Å². The van der Waals surface area contributed by atoms with E-state index in [1.165, 1.54) is 31.2 Å².